The zero-order valence-electron chi connectivity index (χ0n) is 12.8. The van der Waals surface area contributed by atoms with E-state index in [2.05, 4.69) is 20.0 Å². The zero-order valence-corrected chi connectivity index (χ0v) is 12.8. The van der Waals surface area contributed by atoms with Crippen molar-refractivity contribution in [3.63, 3.8) is 0 Å². The molecule has 0 aromatic carbocycles. The van der Waals surface area contributed by atoms with Gasteiger partial charge in [0.25, 0.3) is 0 Å². The second-order valence-corrected chi connectivity index (χ2v) is 4.55. The first-order chi connectivity index (χ1) is 10.5. The molecule has 22 heavy (non-hydrogen) atoms. The summed E-state index contributed by atoms with van der Waals surface area (Å²) < 4.78 is 15.2. The number of carbonyl (C=O) groups excluding carboxylic acids is 2. The summed E-state index contributed by atoms with van der Waals surface area (Å²) in [5.74, 6) is -0.294. The molecule has 0 aliphatic heterocycles. The van der Waals surface area contributed by atoms with Crippen molar-refractivity contribution < 1.29 is 23.5 Å². The number of carbonyl (C=O) groups is 2. The molecule has 0 saturated carbocycles. The van der Waals surface area contributed by atoms with Gasteiger partial charge in [0.1, 0.15) is 29.5 Å². The molecular weight excluding hydrogens is 290 g/mol. The van der Waals surface area contributed by atoms with Crippen molar-refractivity contribution in [1.29, 1.82) is 0 Å². The molecule has 0 saturated heterocycles. The highest BCUT2D eigenvalue weighted by Crippen LogP contribution is 2.30. The van der Waals surface area contributed by atoms with Gasteiger partial charge in [-0.05, 0) is 20.8 Å². The van der Waals surface area contributed by atoms with Crippen molar-refractivity contribution in [2.75, 3.05) is 19.0 Å². The van der Waals surface area contributed by atoms with Crippen LogP contribution in [0, 0.1) is 6.92 Å². The first-order valence-electron chi connectivity index (χ1n) is 6.75. The number of hydrogen-bond acceptors (Lipinski definition) is 8. The van der Waals surface area contributed by atoms with Gasteiger partial charge in [0, 0.05) is 0 Å². The van der Waals surface area contributed by atoms with Crippen molar-refractivity contribution in [2.24, 2.45) is 0 Å². The minimum atomic E-state index is -0.645. The number of rotatable bonds is 5. The molecule has 0 aliphatic carbocycles. The van der Waals surface area contributed by atoms with E-state index in [1.807, 2.05) is 0 Å². The summed E-state index contributed by atoms with van der Waals surface area (Å²) >= 11 is 0. The normalized spacial score (nSPS) is 12.0. The van der Waals surface area contributed by atoms with Gasteiger partial charge in [0.15, 0.2) is 0 Å². The standard InChI is InChI=1S/C14H17N3O5/c1-5-21-14(19)9-8(3)22-12-10(9)11(15-6-16-12)17-7(2)13(18)20-4/h6-7H,5H2,1-4H3,(H,15,16,17)/t7-/m1/s1. The Balaban J connectivity index is 2.51. The summed E-state index contributed by atoms with van der Waals surface area (Å²) in [5.41, 5.74) is 0.493. The molecule has 1 atom stereocenters. The van der Waals surface area contributed by atoms with Crippen LogP contribution in [0.5, 0.6) is 0 Å². The number of anilines is 1. The van der Waals surface area contributed by atoms with Crippen molar-refractivity contribution in [3.05, 3.63) is 17.7 Å². The predicted molar refractivity (Wildman–Crippen MR) is 77.6 cm³/mol. The molecular formula is C14H17N3O5. The summed E-state index contributed by atoms with van der Waals surface area (Å²) in [6, 6.07) is -0.645. The van der Waals surface area contributed by atoms with Gasteiger partial charge in [-0.3, -0.25) is 0 Å². The Morgan fingerprint density at radius 3 is 2.77 bits per heavy atom. The van der Waals surface area contributed by atoms with Crippen molar-refractivity contribution in [2.45, 2.75) is 26.8 Å². The third-order valence-corrected chi connectivity index (χ3v) is 3.05. The molecule has 0 bridgehead atoms. The van der Waals surface area contributed by atoms with Gasteiger partial charge in [-0.2, -0.15) is 0 Å². The Bertz CT molecular complexity index is 710. The van der Waals surface area contributed by atoms with Crippen molar-refractivity contribution >= 4 is 28.9 Å². The molecule has 2 heterocycles. The first kappa shape index (κ1) is 15.7. The Kier molecular flexibility index (Phi) is 4.59. The van der Waals surface area contributed by atoms with Gasteiger partial charge in [0.05, 0.1) is 19.1 Å². The van der Waals surface area contributed by atoms with E-state index in [1.54, 1.807) is 20.8 Å². The van der Waals surface area contributed by atoms with Gasteiger partial charge in [-0.1, -0.05) is 0 Å². The van der Waals surface area contributed by atoms with Gasteiger partial charge >= 0.3 is 11.9 Å². The molecule has 2 rings (SSSR count). The average Bonchev–Trinajstić information content (AvgIpc) is 2.83. The summed E-state index contributed by atoms with van der Waals surface area (Å²) in [7, 11) is 1.29. The van der Waals surface area contributed by atoms with Crippen LogP contribution in [-0.2, 0) is 14.3 Å². The molecule has 0 amide bonds. The number of aromatic nitrogens is 2. The number of ether oxygens (including phenoxy) is 2. The molecule has 0 radical (unpaired) electrons. The van der Waals surface area contributed by atoms with Crippen LogP contribution in [0.15, 0.2) is 10.7 Å². The van der Waals surface area contributed by atoms with Gasteiger partial charge in [-0.25, -0.2) is 19.6 Å². The fraction of sp³-hybridized carbons (Fsp3) is 0.429. The van der Waals surface area contributed by atoms with Gasteiger partial charge in [0.2, 0.25) is 5.71 Å². The molecule has 2 aromatic rings. The van der Waals surface area contributed by atoms with E-state index in [1.165, 1.54) is 13.4 Å². The number of nitrogens with one attached hydrogen (secondary N) is 1. The molecule has 0 fully saturated rings. The number of hydrogen-bond donors (Lipinski definition) is 1. The Morgan fingerprint density at radius 1 is 1.41 bits per heavy atom. The molecule has 0 aliphatic rings. The zero-order chi connectivity index (χ0) is 16.3. The van der Waals surface area contributed by atoms with E-state index in [-0.39, 0.29) is 17.9 Å². The Morgan fingerprint density at radius 2 is 2.14 bits per heavy atom. The Labute approximate surface area is 126 Å². The van der Waals surface area contributed by atoms with Crippen LogP contribution >= 0.6 is 0 Å². The van der Waals surface area contributed by atoms with E-state index >= 15 is 0 Å². The van der Waals surface area contributed by atoms with Crippen LogP contribution < -0.4 is 5.32 Å². The molecule has 8 nitrogen and oxygen atoms in total. The SMILES string of the molecule is CCOC(=O)c1c(C)oc2ncnc(N[C@H](C)C(=O)OC)c12. The number of aryl methyl sites for hydroxylation is 1. The average molecular weight is 307 g/mol. The number of esters is 2. The van der Waals surface area contributed by atoms with Crippen LogP contribution in [0.4, 0.5) is 5.82 Å². The van der Waals surface area contributed by atoms with Crippen LogP contribution in [0.1, 0.15) is 30.0 Å². The fourth-order valence-corrected chi connectivity index (χ4v) is 2.04. The van der Waals surface area contributed by atoms with Crippen molar-refractivity contribution in [3.8, 4) is 0 Å². The largest absolute Gasteiger partial charge is 0.467 e. The lowest BCUT2D eigenvalue weighted by Crippen LogP contribution is -2.27. The minimum Gasteiger partial charge on any atom is -0.467 e. The molecule has 118 valence electrons. The number of nitrogens with zero attached hydrogens (tertiary/aromatic N) is 2. The lowest BCUT2D eigenvalue weighted by molar-refractivity contribution is -0.141. The molecule has 8 heteroatoms. The van der Waals surface area contributed by atoms with Crippen LogP contribution in [-0.4, -0.2) is 41.7 Å². The Hall–Kier alpha value is -2.64. The number of fused-ring (bicyclic) bond motifs is 1. The third-order valence-electron chi connectivity index (χ3n) is 3.05. The quantitative estimate of drug-likeness (QED) is 0.832. The highest BCUT2D eigenvalue weighted by Gasteiger charge is 2.25. The van der Waals surface area contributed by atoms with E-state index in [0.29, 0.717) is 17.0 Å². The fourth-order valence-electron chi connectivity index (χ4n) is 2.04. The van der Waals surface area contributed by atoms with Crippen LogP contribution in [0.2, 0.25) is 0 Å². The third kappa shape index (κ3) is 2.85. The van der Waals surface area contributed by atoms with Gasteiger partial charge in [-0.15, -0.1) is 0 Å². The van der Waals surface area contributed by atoms with E-state index in [9.17, 15) is 9.59 Å². The van der Waals surface area contributed by atoms with E-state index in [0.717, 1.165) is 0 Å². The van der Waals surface area contributed by atoms with Crippen LogP contribution in [0.3, 0.4) is 0 Å². The lowest BCUT2D eigenvalue weighted by atomic mass is 10.1. The van der Waals surface area contributed by atoms with Crippen molar-refractivity contribution in [1.82, 2.24) is 9.97 Å². The number of furan rings is 1. The highest BCUT2D eigenvalue weighted by molar-refractivity contribution is 6.08. The summed E-state index contributed by atoms with van der Waals surface area (Å²) in [6.07, 6.45) is 1.28. The molecule has 0 unspecified atom stereocenters. The molecule has 1 N–H and O–H groups in total. The van der Waals surface area contributed by atoms with E-state index < -0.39 is 18.0 Å². The van der Waals surface area contributed by atoms with Gasteiger partial charge < -0.3 is 19.2 Å². The maximum absolute atomic E-state index is 12.1. The highest BCUT2D eigenvalue weighted by atomic mass is 16.5. The predicted octanol–water partition coefficient (Wildman–Crippen LogP) is 1.68. The maximum Gasteiger partial charge on any atom is 0.342 e. The second-order valence-electron chi connectivity index (χ2n) is 4.55. The van der Waals surface area contributed by atoms with E-state index in [4.69, 9.17) is 9.15 Å². The monoisotopic (exact) mass is 307 g/mol. The lowest BCUT2D eigenvalue weighted by Gasteiger charge is -2.12. The first-order valence-corrected chi connectivity index (χ1v) is 6.75. The molecule has 2 aromatic heterocycles. The smallest absolute Gasteiger partial charge is 0.342 e. The number of methoxy groups -OCH3 is 1. The summed E-state index contributed by atoms with van der Waals surface area (Å²) in [6.45, 7) is 5.21. The second kappa shape index (κ2) is 6.42. The summed E-state index contributed by atoms with van der Waals surface area (Å²) in [5, 5.41) is 3.28. The summed E-state index contributed by atoms with van der Waals surface area (Å²) in [4.78, 5) is 31.7. The topological polar surface area (TPSA) is 104 Å². The minimum absolute atomic E-state index is 0.236. The maximum atomic E-state index is 12.1. The molecule has 0 spiro atoms. The van der Waals surface area contributed by atoms with Crippen LogP contribution in [0.25, 0.3) is 11.1 Å².